The number of carbonyl (C=O) groups is 1. The van der Waals surface area contributed by atoms with Crippen molar-refractivity contribution >= 4 is 20.2 Å². The summed E-state index contributed by atoms with van der Waals surface area (Å²) in [5.74, 6) is -0.0352. The summed E-state index contributed by atoms with van der Waals surface area (Å²) in [5.41, 5.74) is 4.06. The molecule has 1 fully saturated rings. The predicted octanol–water partition coefficient (Wildman–Crippen LogP) is 3.61. The fourth-order valence-corrected chi connectivity index (χ4v) is 4.94. The van der Waals surface area contributed by atoms with Crippen LogP contribution >= 0.6 is 0 Å². The van der Waals surface area contributed by atoms with Crippen LogP contribution in [0.3, 0.4) is 0 Å². The van der Waals surface area contributed by atoms with Crippen molar-refractivity contribution in [2.24, 2.45) is 0 Å². The second-order valence-electron chi connectivity index (χ2n) is 9.17. The number of amidine groups is 1. The lowest BCUT2D eigenvalue weighted by atomic mass is 9.90. The Morgan fingerprint density at radius 3 is 2.79 bits per heavy atom. The molecule has 0 saturated carbocycles. The molecule has 1 aliphatic heterocycles. The number of benzene rings is 1. The Balaban J connectivity index is 1.84. The van der Waals surface area contributed by atoms with Gasteiger partial charge < -0.3 is 9.16 Å². The molecule has 0 radical (unpaired) electrons. The molecular weight excluding hydrogens is 374 g/mol. The summed E-state index contributed by atoms with van der Waals surface area (Å²) in [6.45, 7) is 12.3. The monoisotopic (exact) mass is 405 g/mol. The van der Waals surface area contributed by atoms with Crippen LogP contribution in [-0.4, -0.2) is 50.1 Å². The van der Waals surface area contributed by atoms with E-state index in [-0.39, 0.29) is 17.0 Å². The number of nitrogens with zero attached hydrogens (tertiary/aromatic N) is 1. The first kappa shape index (κ1) is 20.8. The first-order valence-corrected chi connectivity index (χ1v) is 12.6. The van der Waals surface area contributed by atoms with Gasteiger partial charge in [0.1, 0.15) is 18.0 Å². The maximum atomic E-state index is 12.5. The largest absolute Gasteiger partial charge is 0.447 e. The lowest BCUT2D eigenvalue weighted by Crippen LogP contribution is -2.47. The summed E-state index contributed by atoms with van der Waals surface area (Å²) in [6.07, 6.45) is 1.16. The van der Waals surface area contributed by atoms with Crippen LogP contribution in [0.15, 0.2) is 18.2 Å². The Kier molecular flexibility index (Phi) is 5.33. The molecule has 1 saturated heterocycles. The second-order valence-corrected chi connectivity index (χ2v) is 14.0. The Morgan fingerprint density at radius 2 is 2.14 bits per heavy atom. The highest BCUT2D eigenvalue weighted by Crippen LogP contribution is 2.46. The third-order valence-corrected chi connectivity index (χ3v) is 11.1. The van der Waals surface area contributed by atoms with E-state index in [1.165, 1.54) is 0 Å². The summed E-state index contributed by atoms with van der Waals surface area (Å²) < 4.78 is 11.7. The van der Waals surface area contributed by atoms with Gasteiger partial charge >= 0.3 is 6.09 Å². The summed E-state index contributed by atoms with van der Waals surface area (Å²) in [4.78, 5) is 14.3. The van der Waals surface area contributed by atoms with Gasteiger partial charge in [-0.2, -0.15) is 0 Å². The van der Waals surface area contributed by atoms with E-state index >= 15 is 0 Å². The highest BCUT2D eigenvalue weighted by atomic mass is 28.4. The van der Waals surface area contributed by atoms with Crippen LogP contribution in [0.4, 0.5) is 4.79 Å². The van der Waals surface area contributed by atoms with E-state index < -0.39 is 13.9 Å². The lowest BCUT2D eigenvalue weighted by Gasteiger charge is -2.38. The van der Waals surface area contributed by atoms with Crippen molar-refractivity contribution in [3.8, 4) is 0 Å². The van der Waals surface area contributed by atoms with E-state index in [0.29, 0.717) is 25.3 Å². The molecule has 1 aromatic rings. The molecular formula is C20H31N3O4Si. The number of nitrogens with one attached hydrogen (secondary N) is 2. The molecule has 2 aliphatic rings. The molecule has 0 bridgehead atoms. The van der Waals surface area contributed by atoms with Crippen LogP contribution in [0, 0.1) is 5.41 Å². The summed E-state index contributed by atoms with van der Waals surface area (Å²) in [5, 5.41) is 17.2. The van der Waals surface area contributed by atoms with Gasteiger partial charge in [-0.05, 0) is 42.1 Å². The van der Waals surface area contributed by atoms with E-state index in [1.54, 1.807) is 4.90 Å². The van der Waals surface area contributed by atoms with Gasteiger partial charge in [-0.15, -0.1) is 0 Å². The fraction of sp³-hybridized carbons (Fsp3) is 0.600. The molecule has 7 nitrogen and oxygen atoms in total. The molecule has 0 aromatic heterocycles. The van der Waals surface area contributed by atoms with Gasteiger partial charge in [0.15, 0.2) is 8.32 Å². The zero-order chi connectivity index (χ0) is 20.7. The van der Waals surface area contributed by atoms with Crippen LogP contribution in [0.25, 0.3) is 0 Å². The second kappa shape index (κ2) is 7.17. The molecule has 8 heteroatoms. The van der Waals surface area contributed by atoms with Crippen LogP contribution < -0.4 is 5.48 Å². The molecule has 28 heavy (non-hydrogen) atoms. The summed E-state index contributed by atoms with van der Waals surface area (Å²) >= 11 is 0. The number of hydrogen-bond donors (Lipinski definition) is 3. The maximum Gasteiger partial charge on any atom is 0.410 e. The average molecular weight is 406 g/mol. The van der Waals surface area contributed by atoms with Gasteiger partial charge in [0.2, 0.25) is 0 Å². The van der Waals surface area contributed by atoms with Crippen molar-refractivity contribution in [3.05, 3.63) is 34.9 Å². The zero-order valence-electron chi connectivity index (χ0n) is 17.4. The third-order valence-electron chi connectivity index (χ3n) is 6.60. The van der Waals surface area contributed by atoms with Gasteiger partial charge in [0, 0.05) is 12.1 Å². The Morgan fingerprint density at radius 1 is 1.43 bits per heavy atom. The highest BCUT2D eigenvalue weighted by molar-refractivity contribution is 6.74. The van der Waals surface area contributed by atoms with Gasteiger partial charge in [0.05, 0.1) is 6.61 Å². The van der Waals surface area contributed by atoms with Crippen molar-refractivity contribution in [1.29, 1.82) is 5.41 Å². The molecule has 1 spiro atoms. The van der Waals surface area contributed by atoms with E-state index in [9.17, 15) is 4.79 Å². The van der Waals surface area contributed by atoms with Crippen LogP contribution in [0.1, 0.15) is 43.9 Å². The van der Waals surface area contributed by atoms with Crippen molar-refractivity contribution in [2.75, 3.05) is 19.8 Å². The number of hydroxylamine groups is 1. The topological polar surface area (TPSA) is 94.9 Å². The highest BCUT2D eigenvalue weighted by Gasteiger charge is 2.52. The number of amides is 1. The molecule has 1 atom stereocenters. The minimum atomic E-state index is -1.89. The minimum absolute atomic E-state index is 0.0352. The lowest BCUT2D eigenvalue weighted by molar-refractivity contribution is 0.130. The van der Waals surface area contributed by atoms with Crippen LogP contribution in [0.2, 0.25) is 18.1 Å². The average Bonchev–Trinajstić information content (AvgIpc) is 3.16. The molecule has 154 valence electrons. The number of rotatable bonds is 5. The normalized spacial score (nSPS) is 21.8. The Labute approximate surface area is 167 Å². The first-order chi connectivity index (χ1) is 13.0. The molecule has 3 N–H and O–H groups in total. The van der Waals surface area contributed by atoms with E-state index in [0.717, 1.165) is 24.0 Å². The molecule has 1 amide bonds. The Bertz CT molecular complexity index is 790. The number of cyclic esters (lactones) is 1. The van der Waals surface area contributed by atoms with Gasteiger partial charge in [-0.25, -0.2) is 4.79 Å². The zero-order valence-corrected chi connectivity index (χ0v) is 18.4. The van der Waals surface area contributed by atoms with Gasteiger partial charge in [-0.1, -0.05) is 39.0 Å². The van der Waals surface area contributed by atoms with Crippen LogP contribution in [0.5, 0.6) is 0 Å². The third kappa shape index (κ3) is 3.33. The predicted molar refractivity (Wildman–Crippen MR) is 109 cm³/mol. The summed E-state index contributed by atoms with van der Waals surface area (Å²) in [6, 6.07) is 5.67. The molecule has 1 unspecified atom stereocenters. The number of hydrogen-bond acceptors (Lipinski definition) is 5. The summed E-state index contributed by atoms with van der Waals surface area (Å²) in [7, 11) is -1.89. The smallest absolute Gasteiger partial charge is 0.410 e. The van der Waals surface area contributed by atoms with Gasteiger partial charge in [-0.3, -0.25) is 21.0 Å². The standard InChI is InChI=1S/C20H31N3O4Si/c1-19(2,3)28(4,5)27-12-11-23-18(24)26-13-20(23)10-9-14-15(17(21)22-25)7-6-8-16(14)20/h6-8,25H,9-13H2,1-5H3,(H2,21,22). The van der Waals surface area contributed by atoms with Crippen molar-refractivity contribution < 1.29 is 19.2 Å². The van der Waals surface area contributed by atoms with Crippen molar-refractivity contribution in [1.82, 2.24) is 10.4 Å². The molecule has 3 rings (SSSR count). The first-order valence-electron chi connectivity index (χ1n) is 9.73. The SMILES string of the molecule is CC(C)(C)[Si](C)(C)OCCN1C(=O)OCC12CCc1c(C(=N)NO)cccc12. The Hall–Kier alpha value is -1.90. The number of carbonyl (C=O) groups excluding carboxylic acids is 1. The van der Waals surface area contributed by atoms with E-state index in [4.69, 9.17) is 19.8 Å². The maximum absolute atomic E-state index is 12.5. The van der Waals surface area contributed by atoms with Gasteiger partial charge in [0.25, 0.3) is 0 Å². The fourth-order valence-electron chi connectivity index (χ4n) is 3.91. The van der Waals surface area contributed by atoms with Crippen molar-refractivity contribution in [2.45, 2.75) is 57.3 Å². The number of ether oxygens (including phenoxy) is 1. The van der Waals surface area contributed by atoms with Crippen LogP contribution in [-0.2, 0) is 21.1 Å². The molecule has 1 aliphatic carbocycles. The minimum Gasteiger partial charge on any atom is -0.447 e. The van der Waals surface area contributed by atoms with E-state index in [2.05, 4.69) is 33.9 Å². The quantitative estimate of drug-likeness (QED) is 0.301. The van der Waals surface area contributed by atoms with E-state index in [1.807, 2.05) is 23.7 Å². The van der Waals surface area contributed by atoms with Crippen molar-refractivity contribution in [3.63, 3.8) is 0 Å². The molecule has 1 aromatic carbocycles. The number of fused-ring (bicyclic) bond motifs is 2. The molecule has 1 heterocycles.